The van der Waals surface area contributed by atoms with Gasteiger partial charge in [0.05, 0.1) is 5.69 Å². The Morgan fingerprint density at radius 2 is 2.20 bits per heavy atom. The van der Waals surface area contributed by atoms with Crippen LogP contribution in [0.4, 0.5) is 5.69 Å². The molecule has 1 amide bonds. The molecule has 0 unspecified atom stereocenters. The van der Waals surface area contributed by atoms with Gasteiger partial charge in [-0.25, -0.2) is 0 Å². The molecular formula is C18H21N5O2. The molecule has 7 heteroatoms. The van der Waals surface area contributed by atoms with Crippen LogP contribution in [0.5, 0.6) is 0 Å². The predicted molar refractivity (Wildman–Crippen MR) is 93.9 cm³/mol. The number of carbonyl (C=O) groups excluding carboxylic acids is 1. The second-order valence-electron chi connectivity index (χ2n) is 5.81. The number of benzene rings is 1. The maximum Gasteiger partial charge on any atom is 0.226 e. The van der Waals surface area contributed by atoms with Crippen molar-refractivity contribution in [2.24, 2.45) is 0 Å². The van der Waals surface area contributed by atoms with Gasteiger partial charge in [0.1, 0.15) is 0 Å². The van der Waals surface area contributed by atoms with E-state index in [4.69, 9.17) is 4.52 Å². The van der Waals surface area contributed by atoms with Crippen LogP contribution in [0.2, 0.25) is 0 Å². The molecule has 0 radical (unpaired) electrons. The van der Waals surface area contributed by atoms with E-state index in [1.165, 1.54) is 0 Å². The molecule has 0 bridgehead atoms. The molecule has 0 aliphatic carbocycles. The number of hydrogen-bond acceptors (Lipinski definition) is 5. The summed E-state index contributed by atoms with van der Waals surface area (Å²) in [5.41, 5.74) is 2.65. The van der Waals surface area contributed by atoms with Gasteiger partial charge in [-0.05, 0) is 31.0 Å². The molecule has 0 aliphatic rings. The summed E-state index contributed by atoms with van der Waals surface area (Å²) in [4.78, 5) is 16.4. The third kappa shape index (κ3) is 4.76. The summed E-state index contributed by atoms with van der Waals surface area (Å²) in [6, 6.07) is 9.54. The molecule has 3 aromatic rings. The van der Waals surface area contributed by atoms with Crippen LogP contribution < -0.4 is 5.32 Å². The van der Waals surface area contributed by atoms with E-state index in [9.17, 15) is 4.79 Å². The number of nitrogens with one attached hydrogen (secondary N) is 2. The zero-order valence-electron chi connectivity index (χ0n) is 14.2. The summed E-state index contributed by atoms with van der Waals surface area (Å²) in [5, 5.41) is 13.7. The summed E-state index contributed by atoms with van der Waals surface area (Å²) in [6.45, 7) is 2.07. The minimum Gasteiger partial charge on any atom is -0.339 e. The fourth-order valence-electron chi connectivity index (χ4n) is 2.52. The smallest absolute Gasteiger partial charge is 0.226 e. The van der Waals surface area contributed by atoms with Gasteiger partial charge in [0, 0.05) is 36.7 Å². The van der Waals surface area contributed by atoms with Crippen LogP contribution in [0.25, 0.3) is 11.3 Å². The maximum absolute atomic E-state index is 12.1. The van der Waals surface area contributed by atoms with Gasteiger partial charge >= 0.3 is 0 Å². The number of aromatic nitrogens is 4. The van der Waals surface area contributed by atoms with Gasteiger partial charge < -0.3 is 9.84 Å². The van der Waals surface area contributed by atoms with Crippen molar-refractivity contribution in [2.75, 3.05) is 5.32 Å². The highest BCUT2D eigenvalue weighted by Crippen LogP contribution is 2.20. The Balaban J connectivity index is 1.48. The Bertz CT molecular complexity index is 811. The van der Waals surface area contributed by atoms with E-state index in [0.29, 0.717) is 25.2 Å². The van der Waals surface area contributed by atoms with Crippen molar-refractivity contribution >= 4 is 11.6 Å². The van der Waals surface area contributed by atoms with Gasteiger partial charge in [-0.15, -0.1) is 0 Å². The second kappa shape index (κ2) is 8.23. The van der Waals surface area contributed by atoms with E-state index in [1.807, 2.05) is 30.3 Å². The van der Waals surface area contributed by atoms with Crippen LogP contribution >= 0.6 is 0 Å². The first-order valence-electron chi connectivity index (χ1n) is 8.45. The van der Waals surface area contributed by atoms with E-state index >= 15 is 0 Å². The molecule has 1 aromatic carbocycles. The molecule has 0 saturated carbocycles. The normalized spacial score (nSPS) is 10.8. The van der Waals surface area contributed by atoms with E-state index in [0.717, 1.165) is 35.6 Å². The SMILES string of the molecule is CCCc1noc(CCCC(=O)Nc2cccc(-c3ccn[nH]3)c2)n1. The third-order valence-electron chi connectivity index (χ3n) is 3.74. The zero-order chi connectivity index (χ0) is 17.5. The highest BCUT2D eigenvalue weighted by Gasteiger charge is 2.08. The number of nitrogens with zero attached hydrogens (tertiary/aromatic N) is 3. The Morgan fingerprint density at radius 1 is 1.28 bits per heavy atom. The van der Waals surface area contributed by atoms with Crippen molar-refractivity contribution in [3.8, 4) is 11.3 Å². The number of H-pyrrole nitrogens is 1. The van der Waals surface area contributed by atoms with Crippen LogP contribution in [0.1, 0.15) is 37.9 Å². The van der Waals surface area contributed by atoms with Crippen LogP contribution in [-0.2, 0) is 17.6 Å². The summed E-state index contributed by atoms with van der Waals surface area (Å²) in [7, 11) is 0. The highest BCUT2D eigenvalue weighted by atomic mass is 16.5. The van der Waals surface area contributed by atoms with Crippen LogP contribution in [-0.4, -0.2) is 26.2 Å². The zero-order valence-corrected chi connectivity index (χ0v) is 14.2. The van der Waals surface area contributed by atoms with Crippen molar-refractivity contribution in [1.82, 2.24) is 20.3 Å². The van der Waals surface area contributed by atoms with E-state index < -0.39 is 0 Å². The lowest BCUT2D eigenvalue weighted by Gasteiger charge is -2.06. The summed E-state index contributed by atoms with van der Waals surface area (Å²) >= 11 is 0. The Hall–Kier alpha value is -2.96. The van der Waals surface area contributed by atoms with Gasteiger partial charge in [0.15, 0.2) is 5.82 Å². The molecule has 0 atom stereocenters. The van der Waals surface area contributed by atoms with Crippen LogP contribution in [0, 0.1) is 0 Å². The first kappa shape index (κ1) is 16.9. The lowest BCUT2D eigenvalue weighted by atomic mass is 10.1. The Labute approximate surface area is 145 Å². The number of carbonyl (C=O) groups is 1. The fraction of sp³-hybridized carbons (Fsp3) is 0.333. The minimum absolute atomic E-state index is 0.0324. The molecule has 0 fully saturated rings. The van der Waals surface area contributed by atoms with Crippen molar-refractivity contribution in [3.63, 3.8) is 0 Å². The molecule has 2 aromatic heterocycles. The molecule has 2 heterocycles. The summed E-state index contributed by atoms with van der Waals surface area (Å²) in [5.74, 6) is 1.30. The minimum atomic E-state index is -0.0324. The van der Waals surface area contributed by atoms with Gasteiger partial charge in [-0.2, -0.15) is 10.1 Å². The lowest BCUT2D eigenvalue weighted by Crippen LogP contribution is -2.11. The van der Waals surface area contributed by atoms with Crippen LogP contribution in [0.3, 0.4) is 0 Å². The molecule has 25 heavy (non-hydrogen) atoms. The van der Waals surface area contributed by atoms with Crippen molar-refractivity contribution in [3.05, 3.63) is 48.2 Å². The highest BCUT2D eigenvalue weighted by molar-refractivity contribution is 5.91. The topological polar surface area (TPSA) is 96.7 Å². The number of rotatable bonds is 8. The quantitative estimate of drug-likeness (QED) is 0.656. The van der Waals surface area contributed by atoms with Gasteiger partial charge in [0.2, 0.25) is 11.8 Å². The fourth-order valence-corrected chi connectivity index (χ4v) is 2.52. The molecule has 0 spiro atoms. The van der Waals surface area contributed by atoms with Gasteiger partial charge in [0.25, 0.3) is 0 Å². The maximum atomic E-state index is 12.1. The molecule has 0 saturated heterocycles. The average Bonchev–Trinajstić information content (AvgIpc) is 3.27. The van der Waals surface area contributed by atoms with Gasteiger partial charge in [-0.1, -0.05) is 24.2 Å². The standard InChI is InChI=1S/C18H21N5O2/c1-2-5-16-21-18(25-23-16)9-4-8-17(24)20-14-7-3-6-13(12-14)15-10-11-19-22-15/h3,6-7,10-12H,2,4-5,8-9H2,1H3,(H,19,22)(H,20,24). The Morgan fingerprint density at radius 3 is 3.00 bits per heavy atom. The van der Waals surface area contributed by atoms with Crippen molar-refractivity contribution in [1.29, 1.82) is 0 Å². The number of aromatic amines is 1. The molecule has 3 rings (SSSR count). The van der Waals surface area contributed by atoms with E-state index in [1.54, 1.807) is 6.20 Å². The summed E-state index contributed by atoms with van der Waals surface area (Å²) in [6.07, 6.45) is 5.18. The largest absolute Gasteiger partial charge is 0.339 e. The number of anilines is 1. The molecule has 7 nitrogen and oxygen atoms in total. The molecule has 2 N–H and O–H groups in total. The number of hydrogen-bond donors (Lipinski definition) is 2. The van der Waals surface area contributed by atoms with Crippen LogP contribution in [0.15, 0.2) is 41.1 Å². The summed E-state index contributed by atoms with van der Waals surface area (Å²) < 4.78 is 5.17. The molecule has 130 valence electrons. The third-order valence-corrected chi connectivity index (χ3v) is 3.74. The van der Waals surface area contributed by atoms with Gasteiger partial charge in [-0.3, -0.25) is 9.89 Å². The second-order valence-corrected chi connectivity index (χ2v) is 5.81. The van der Waals surface area contributed by atoms with E-state index in [-0.39, 0.29) is 5.91 Å². The first-order valence-corrected chi connectivity index (χ1v) is 8.45. The predicted octanol–water partition coefficient (Wildman–Crippen LogP) is 3.37. The van der Waals surface area contributed by atoms with E-state index in [2.05, 4.69) is 32.6 Å². The number of aryl methyl sites for hydroxylation is 2. The lowest BCUT2D eigenvalue weighted by molar-refractivity contribution is -0.116. The Kier molecular flexibility index (Phi) is 5.56. The number of amides is 1. The average molecular weight is 339 g/mol. The monoisotopic (exact) mass is 339 g/mol. The molecular weight excluding hydrogens is 318 g/mol. The van der Waals surface area contributed by atoms with Crippen molar-refractivity contribution < 1.29 is 9.32 Å². The first-order chi connectivity index (χ1) is 12.2. The van der Waals surface area contributed by atoms with Crippen molar-refractivity contribution in [2.45, 2.75) is 39.0 Å². The molecule has 0 aliphatic heterocycles.